The molecule has 2 N–H and O–H groups in total. The lowest BCUT2D eigenvalue weighted by Crippen LogP contribution is -2.26. The van der Waals surface area contributed by atoms with Crippen molar-refractivity contribution in [2.75, 3.05) is 0 Å². The number of nitrogens with zero attached hydrogens (tertiary/aromatic N) is 3. The SMILES string of the molecule is NC(Cc1cccnc1)Cc1ccn(C2CCCCC2)n1. The van der Waals surface area contributed by atoms with Crippen LogP contribution in [0.15, 0.2) is 36.8 Å². The first-order valence-corrected chi connectivity index (χ1v) is 8.00. The zero-order valence-corrected chi connectivity index (χ0v) is 12.5. The highest BCUT2D eigenvalue weighted by Crippen LogP contribution is 2.27. The van der Waals surface area contributed by atoms with Crippen LogP contribution in [0, 0.1) is 0 Å². The molecule has 2 aromatic heterocycles. The fraction of sp³-hybridized carbons (Fsp3) is 0.529. The summed E-state index contributed by atoms with van der Waals surface area (Å²) in [6, 6.07) is 6.86. The van der Waals surface area contributed by atoms with Gasteiger partial charge in [0.25, 0.3) is 0 Å². The Hall–Kier alpha value is -1.68. The zero-order chi connectivity index (χ0) is 14.5. The molecule has 3 rings (SSSR count). The van der Waals surface area contributed by atoms with Crippen molar-refractivity contribution in [1.29, 1.82) is 0 Å². The molecule has 0 saturated heterocycles. The largest absolute Gasteiger partial charge is 0.327 e. The predicted molar refractivity (Wildman–Crippen MR) is 84.0 cm³/mol. The molecule has 0 aromatic carbocycles. The van der Waals surface area contributed by atoms with E-state index >= 15 is 0 Å². The van der Waals surface area contributed by atoms with Crippen molar-refractivity contribution < 1.29 is 0 Å². The second-order valence-corrected chi connectivity index (χ2v) is 6.11. The second kappa shape index (κ2) is 6.85. The van der Waals surface area contributed by atoms with Crippen LogP contribution in [0.25, 0.3) is 0 Å². The van der Waals surface area contributed by atoms with Gasteiger partial charge >= 0.3 is 0 Å². The highest BCUT2D eigenvalue weighted by atomic mass is 15.3. The number of rotatable bonds is 5. The first kappa shape index (κ1) is 14.3. The van der Waals surface area contributed by atoms with Gasteiger partial charge in [0.2, 0.25) is 0 Å². The maximum Gasteiger partial charge on any atom is 0.0640 e. The van der Waals surface area contributed by atoms with Crippen LogP contribution < -0.4 is 5.73 Å². The molecule has 4 nitrogen and oxygen atoms in total. The Morgan fingerprint density at radius 3 is 2.81 bits per heavy atom. The minimum absolute atomic E-state index is 0.101. The Morgan fingerprint density at radius 2 is 2.05 bits per heavy atom. The number of hydrogen-bond donors (Lipinski definition) is 1. The second-order valence-electron chi connectivity index (χ2n) is 6.11. The van der Waals surface area contributed by atoms with Crippen LogP contribution in [0.4, 0.5) is 0 Å². The van der Waals surface area contributed by atoms with E-state index in [0.717, 1.165) is 18.5 Å². The van der Waals surface area contributed by atoms with E-state index in [0.29, 0.717) is 6.04 Å². The van der Waals surface area contributed by atoms with Gasteiger partial charge in [0.1, 0.15) is 0 Å². The molecule has 0 aliphatic heterocycles. The molecule has 2 heterocycles. The van der Waals surface area contributed by atoms with E-state index in [-0.39, 0.29) is 6.04 Å². The van der Waals surface area contributed by atoms with Crippen LogP contribution >= 0.6 is 0 Å². The molecular formula is C17H24N4. The van der Waals surface area contributed by atoms with E-state index in [4.69, 9.17) is 10.8 Å². The van der Waals surface area contributed by atoms with Crippen molar-refractivity contribution in [3.05, 3.63) is 48.0 Å². The number of hydrogen-bond acceptors (Lipinski definition) is 3. The molecule has 112 valence electrons. The molecule has 0 spiro atoms. The molecule has 2 aromatic rings. The zero-order valence-electron chi connectivity index (χ0n) is 12.5. The maximum atomic E-state index is 6.25. The molecule has 1 aliphatic rings. The third-order valence-corrected chi connectivity index (χ3v) is 4.30. The summed E-state index contributed by atoms with van der Waals surface area (Å²) in [6.07, 6.45) is 14.1. The Balaban J connectivity index is 1.56. The van der Waals surface area contributed by atoms with Gasteiger partial charge in [-0.25, -0.2) is 0 Å². The van der Waals surface area contributed by atoms with Crippen LogP contribution in [-0.2, 0) is 12.8 Å². The molecule has 1 unspecified atom stereocenters. The van der Waals surface area contributed by atoms with E-state index in [1.165, 1.54) is 37.7 Å². The lowest BCUT2D eigenvalue weighted by molar-refractivity contribution is 0.328. The topological polar surface area (TPSA) is 56.7 Å². The van der Waals surface area contributed by atoms with Crippen molar-refractivity contribution >= 4 is 0 Å². The normalized spacial score (nSPS) is 17.8. The summed E-state index contributed by atoms with van der Waals surface area (Å²) < 4.78 is 2.16. The van der Waals surface area contributed by atoms with Gasteiger partial charge in [-0.15, -0.1) is 0 Å². The summed E-state index contributed by atoms with van der Waals surface area (Å²) in [5, 5.41) is 4.74. The van der Waals surface area contributed by atoms with Gasteiger partial charge in [0.05, 0.1) is 11.7 Å². The molecule has 1 atom stereocenters. The summed E-state index contributed by atoms with van der Waals surface area (Å²) in [7, 11) is 0. The summed E-state index contributed by atoms with van der Waals surface area (Å²) in [6.45, 7) is 0. The van der Waals surface area contributed by atoms with Crippen LogP contribution in [0.5, 0.6) is 0 Å². The fourth-order valence-electron chi connectivity index (χ4n) is 3.20. The highest BCUT2D eigenvalue weighted by Gasteiger charge is 2.16. The van der Waals surface area contributed by atoms with Gasteiger partial charge in [-0.05, 0) is 37.0 Å². The maximum absolute atomic E-state index is 6.25. The van der Waals surface area contributed by atoms with Crippen molar-refractivity contribution in [3.63, 3.8) is 0 Å². The Morgan fingerprint density at radius 1 is 1.19 bits per heavy atom. The van der Waals surface area contributed by atoms with Gasteiger partial charge in [-0.2, -0.15) is 5.10 Å². The van der Waals surface area contributed by atoms with Crippen LogP contribution in [0.2, 0.25) is 0 Å². The van der Waals surface area contributed by atoms with E-state index in [1.807, 2.05) is 12.3 Å². The first-order valence-electron chi connectivity index (χ1n) is 8.00. The van der Waals surface area contributed by atoms with E-state index in [9.17, 15) is 0 Å². The number of nitrogens with two attached hydrogens (primary N) is 1. The fourth-order valence-corrected chi connectivity index (χ4v) is 3.20. The minimum Gasteiger partial charge on any atom is -0.327 e. The number of aromatic nitrogens is 3. The summed E-state index contributed by atoms with van der Waals surface area (Å²) >= 11 is 0. The third-order valence-electron chi connectivity index (χ3n) is 4.30. The Kier molecular flexibility index (Phi) is 4.65. The standard InChI is InChI=1S/C17H24N4/c18-15(11-14-5-4-9-19-13-14)12-16-8-10-21(20-16)17-6-2-1-3-7-17/h4-5,8-10,13,15,17H,1-3,6-7,11-12,18H2. The average molecular weight is 284 g/mol. The lowest BCUT2D eigenvalue weighted by atomic mass is 9.96. The molecule has 0 radical (unpaired) electrons. The Bertz CT molecular complexity index is 543. The summed E-state index contributed by atoms with van der Waals surface area (Å²) in [4.78, 5) is 4.13. The lowest BCUT2D eigenvalue weighted by Gasteiger charge is -2.21. The highest BCUT2D eigenvalue weighted by molar-refractivity contribution is 5.11. The molecule has 1 aliphatic carbocycles. The molecule has 0 amide bonds. The summed E-state index contributed by atoms with van der Waals surface area (Å²) in [5.41, 5.74) is 8.55. The third kappa shape index (κ3) is 3.91. The molecule has 1 fully saturated rings. The van der Waals surface area contributed by atoms with Crippen molar-refractivity contribution in [2.45, 2.75) is 57.0 Å². The molecular weight excluding hydrogens is 260 g/mol. The number of pyridine rings is 1. The van der Waals surface area contributed by atoms with Gasteiger partial charge in [-0.1, -0.05) is 25.3 Å². The van der Waals surface area contributed by atoms with Crippen LogP contribution in [0.1, 0.15) is 49.4 Å². The molecule has 1 saturated carbocycles. The van der Waals surface area contributed by atoms with Crippen molar-refractivity contribution in [2.24, 2.45) is 5.73 Å². The monoisotopic (exact) mass is 284 g/mol. The molecule has 21 heavy (non-hydrogen) atoms. The Labute approximate surface area is 126 Å². The van der Waals surface area contributed by atoms with E-state index < -0.39 is 0 Å². The smallest absolute Gasteiger partial charge is 0.0640 e. The predicted octanol–water partition coefficient (Wildman–Crippen LogP) is 2.90. The quantitative estimate of drug-likeness (QED) is 0.918. The van der Waals surface area contributed by atoms with Crippen LogP contribution in [0.3, 0.4) is 0 Å². The van der Waals surface area contributed by atoms with Crippen LogP contribution in [-0.4, -0.2) is 20.8 Å². The average Bonchev–Trinajstić information content (AvgIpc) is 2.97. The van der Waals surface area contributed by atoms with Gasteiger partial charge in [0, 0.05) is 31.1 Å². The van der Waals surface area contributed by atoms with E-state index in [2.05, 4.69) is 28.0 Å². The van der Waals surface area contributed by atoms with Gasteiger partial charge < -0.3 is 5.73 Å². The molecule has 4 heteroatoms. The first-order chi connectivity index (χ1) is 10.3. The van der Waals surface area contributed by atoms with E-state index in [1.54, 1.807) is 6.20 Å². The summed E-state index contributed by atoms with van der Waals surface area (Å²) in [5.74, 6) is 0. The molecule has 0 bridgehead atoms. The van der Waals surface area contributed by atoms with Crippen molar-refractivity contribution in [1.82, 2.24) is 14.8 Å². The van der Waals surface area contributed by atoms with Gasteiger partial charge in [-0.3, -0.25) is 9.67 Å². The van der Waals surface area contributed by atoms with Gasteiger partial charge in [0.15, 0.2) is 0 Å². The minimum atomic E-state index is 0.101. The van der Waals surface area contributed by atoms with Crippen molar-refractivity contribution in [3.8, 4) is 0 Å².